The zero-order valence-corrected chi connectivity index (χ0v) is 21.9. The van der Waals surface area contributed by atoms with E-state index < -0.39 is 5.54 Å². The molecule has 0 aliphatic carbocycles. The van der Waals surface area contributed by atoms with Gasteiger partial charge in [-0.3, -0.25) is 0 Å². The van der Waals surface area contributed by atoms with Crippen LogP contribution in [0.25, 0.3) is 0 Å². The molecule has 2 unspecified atom stereocenters. The molecule has 0 radical (unpaired) electrons. The molecule has 0 heterocycles. The van der Waals surface area contributed by atoms with Crippen molar-refractivity contribution in [1.82, 2.24) is 0 Å². The Labute approximate surface area is 201 Å². The summed E-state index contributed by atoms with van der Waals surface area (Å²) in [7, 11) is 0. The van der Waals surface area contributed by atoms with Gasteiger partial charge in [0.2, 0.25) is 0 Å². The maximum absolute atomic E-state index is 6.39. The summed E-state index contributed by atoms with van der Waals surface area (Å²) >= 11 is 0. The molecule has 4 N–H and O–H groups in total. The van der Waals surface area contributed by atoms with Gasteiger partial charge in [-0.05, 0) is 80.7 Å². The predicted molar refractivity (Wildman–Crippen MR) is 138 cm³/mol. The lowest BCUT2D eigenvalue weighted by Gasteiger charge is -2.28. The van der Waals surface area contributed by atoms with Crippen molar-refractivity contribution in [1.29, 1.82) is 0 Å². The van der Waals surface area contributed by atoms with Gasteiger partial charge in [0.05, 0.1) is 6.10 Å². The third-order valence-electron chi connectivity index (χ3n) is 5.25. The number of benzene rings is 2. The number of ether oxygens (including phenoxy) is 2. The summed E-state index contributed by atoms with van der Waals surface area (Å²) in [6.45, 7) is 17.1. The first-order valence-electron chi connectivity index (χ1n) is 11.3. The number of hydrogen-bond donors (Lipinski definition) is 1. The standard InChI is InChI=1S/C27H41NO2.ClH.H2O/c1-18(2)16-22-12-11-15-26(24(22)17-19(3)4)30-21(6)29-20(5)23-13-9-10-14-25(23)27(7,8)28;;/h9-15,18-21H,16-17,28H2,1-8H3;1H;1H2. The SMILES string of the molecule is CC(C)Cc1cccc(OC(C)OC(C)c2ccccc2C(C)(C)N)c1CC(C)C.Cl.O. The number of hydrogen-bond acceptors (Lipinski definition) is 3. The van der Waals surface area contributed by atoms with Crippen molar-refractivity contribution in [2.45, 2.75) is 86.2 Å². The lowest BCUT2D eigenvalue weighted by molar-refractivity contribution is -0.104. The molecule has 0 saturated heterocycles. The van der Waals surface area contributed by atoms with Crippen LogP contribution in [0, 0.1) is 11.8 Å². The monoisotopic (exact) mass is 465 g/mol. The molecule has 2 aromatic rings. The smallest absolute Gasteiger partial charge is 0.197 e. The fourth-order valence-corrected chi connectivity index (χ4v) is 4.00. The van der Waals surface area contributed by atoms with Gasteiger partial charge in [0, 0.05) is 5.54 Å². The van der Waals surface area contributed by atoms with Crippen LogP contribution in [0.1, 0.15) is 83.7 Å². The third kappa shape index (κ3) is 8.74. The summed E-state index contributed by atoms with van der Waals surface area (Å²) in [5.41, 5.74) is 10.9. The molecular weight excluding hydrogens is 422 g/mol. The molecule has 5 heteroatoms. The van der Waals surface area contributed by atoms with E-state index >= 15 is 0 Å². The molecule has 182 valence electrons. The number of nitrogens with two attached hydrogens (primary N) is 1. The molecule has 2 aromatic carbocycles. The summed E-state index contributed by atoms with van der Waals surface area (Å²) < 4.78 is 12.6. The van der Waals surface area contributed by atoms with Crippen molar-refractivity contribution >= 4 is 12.4 Å². The Kier molecular flexibility index (Phi) is 12.5. The number of rotatable bonds is 10. The van der Waals surface area contributed by atoms with Crippen molar-refractivity contribution in [3.8, 4) is 5.75 Å². The van der Waals surface area contributed by atoms with Gasteiger partial charge in [-0.1, -0.05) is 64.1 Å². The van der Waals surface area contributed by atoms with Crippen LogP contribution in [0.15, 0.2) is 42.5 Å². The molecule has 0 aliphatic heterocycles. The quantitative estimate of drug-likeness (QED) is 0.413. The van der Waals surface area contributed by atoms with Crippen molar-refractivity contribution < 1.29 is 14.9 Å². The fourth-order valence-electron chi connectivity index (χ4n) is 4.00. The van der Waals surface area contributed by atoms with Crippen LogP contribution in [0.2, 0.25) is 0 Å². The lowest BCUT2D eigenvalue weighted by atomic mass is 9.89. The van der Waals surface area contributed by atoms with Gasteiger partial charge in [-0.25, -0.2) is 0 Å². The molecule has 2 atom stereocenters. The first kappa shape index (κ1) is 30.4. The van der Waals surface area contributed by atoms with Gasteiger partial charge in [-0.15, -0.1) is 12.4 Å². The van der Waals surface area contributed by atoms with E-state index in [1.807, 2.05) is 32.9 Å². The predicted octanol–water partition coefficient (Wildman–Crippen LogP) is 6.38. The Morgan fingerprint density at radius 1 is 0.844 bits per heavy atom. The van der Waals surface area contributed by atoms with Crippen molar-refractivity contribution in [3.63, 3.8) is 0 Å². The second kappa shape index (κ2) is 13.2. The van der Waals surface area contributed by atoms with Crippen molar-refractivity contribution in [2.24, 2.45) is 17.6 Å². The first-order chi connectivity index (χ1) is 14.0. The minimum absolute atomic E-state index is 0. The Hall–Kier alpha value is -1.59. The van der Waals surface area contributed by atoms with Crippen LogP contribution in [-0.2, 0) is 23.1 Å². The molecule has 32 heavy (non-hydrogen) atoms. The third-order valence-corrected chi connectivity index (χ3v) is 5.25. The highest BCUT2D eigenvalue weighted by Crippen LogP contribution is 2.31. The lowest BCUT2D eigenvalue weighted by Crippen LogP contribution is -2.31. The van der Waals surface area contributed by atoms with Gasteiger partial charge in [0.15, 0.2) is 6.29 Å². The van der Waals surface area contributed by atoms with E-state index in [4.69, 9.17) is 15.2 Å². The van der Waals surface area contributed by atoms with E-state index in [1.54, 1.807) is 0 Å². The van der Waals surface area contributed by atoms with E-state index in [0.29, 0.717) is 11.8 Å². The molecular formula is C27H44ClNO3. The van der Waals surface area contributed by atoms with Crippen LogP contribution in [0.3, 0.4) is 0 Å². The van der Waals surface area contributed by atoms with Gasteiger partial charge >= 0.3 is 0 Å². The highest BCUT2D eigenvalue weighted by molar-refractivity contribution is 5.85. The molecule has 0 aromatic heterocycles. The summed E-state index contributed by atoms with van der Waals surface area (Å²) in [6, 6.07) is 14.6. The van der Waals surface area contributed by atoms with Crippen LogP contribution >= 0.6 is 12.4 Å². The van der Waals surface area contributed by atoms with Crippen molar-refractivity contribution in [2.75, 3.05) is 0 Å². The topological polar surface area (TPSA) is 76.0 Å². The molecule has 0 fully saturated rings. The van der Waals surface area contributed by atoms with Crippen LogP contribution in [0.4, 0.5) is 0 Å². The maximum Gasteiger partial charge on any atom is 0.197 e. The molecule has 0 aliphatic rings. The summed E-state index contributed by atoms with van der Waals surface area (Å²) in [5.74, 6) is 2.11. The fraction of sp³-hybridized carbons (Fsp3) is 0.556. The van der Waals surface area contributed by atoms with Gasteiger partial charge in [-0.2, -0.15) is 0 Å². The van der Waals surface area contributed by atoms with E-state index in [9.17, 15) is 0 Å². The van der Waals surface area contributed by atoms with Gasteiger partial charge in [0.25, 0.3) is 0 Å². The first-order valence-corrected chi connectivity index (χ1v) is 11.3. The van der Waals surface area contributed by atoms with E-state index in [2.05, 4.69) is 65.0 Å². The second-order valence-electron chi connectivity index (χ2n) is 9.86. The highest BCUT2D eigenvalue weighted by atomic mass is 35.5. The Morgan fingerprint density at radius 2 is 1.44 bits per heavy atom. The summed E-state index contributed by atoms with van der Waals surface area (Å²) in [6.07, 6.45) is 1.58. The summed E-state index contributed by atoms with van der Waals surface area (Å²) in [4.78, 5) is 0. The van der Waals surface area contributed by atoms with Crippen LogP contribution in [0.5, 0.6) is 5.75 Å². The Bertz CT molecular complexity index is 815. The maximum atomic E-state index is 6.39. The van der Waals surface area contributed by atoms with Crippen LogP contribution < -0.4 is 10.5 Å². The van der Waals surface area contributed by atoms with E-state index in [0.717, 1.165) is 29.7 Å². The molecule has 0 bridgehead atoms. The van der Waals surface area contributed by atoms with E-state index in [-0.39, 0.29) is 30.3 Å². The highest BCUT2D eigenvalue weighted by Gasteiger charge is 2.23. The van der Waals surface area contributed by atoms with Gasteiger partial charge in [0.1, 0.15) is 5.75 Å². The summed E-state index contributed by atoms with van der Waals surface area (Å²) in [5, 5.41) is 0. The normalized spacial score (nSPS) is 13.3. The largest absolute Gasteiger partial charge is 0.465 e. The zero-order valence-electron chi connectivity index (χ0n) is 21.1. The molecule has 0 amide bonds. The number of halogens is 1. The zero-order chi connectivity index (χ0) is 22.5. The van der Waals surface area contributed by atoms with E-state index in [1.165, 1.54) is 11.1 Å². The minimum atomic E-state index is -0.423. The van der Waals surface area contributed by atoms with Crippen LogP contribution in [-0.4, -0.2) is 11.8 Å². The Balaban J connectivity index is 0.00000480. The average molecular weight is 466 g/mol. The molecule has 0 saturated carbocycles. The molecule has 4 nitrogen and oxygen atoms in total. The minimum Gasteiger partial charge on any atom is -0.465 e. The molecule has 0 spiro atoms. The second-order valence-corrected chi connectivity index (χ2v) is 9.86. The average Bonchev–Trinajstić information content (AvgIpc) is 2.62. The molecule has 2 rings (SSSR count). The van der Waals surface area contributed by atoms with Gasteiger partial charge < -0.3 is 20.7 Å². The van der Waals surface area contributed by atoms with Crippen molar-refractivity contribution in [3.05, 3.63) is 64.7 Å². The Morgan fingerprint density at radius 3 is 2.00 bits per heavy atom.